The van der Waals surface area contributed by atoms with Crippen LogP contribution in [0.4, 0.5) is 10.1 Å². The highest BCUT2D eigenvalue weighted by Crippen LogP contribution is 2.21. The van der Waals surface area contributed by atoms with E-state index in [1.807, 2.05) is 0 Å². The minimum Gasteiger partial charge on any atom is -0.339 e. The molecule has 9 heteroatoms. The third kappa shape index (κ3) is 4.91. The van der Waals surface area contributed by atoms with Crippen LogP contribution >= 0.6 is 0 Å². The number of piperazine rings is 1. The first kappa shape index (κ1) is 19.2. The lowest BCUT2D eigenvalue weighted by Gasteiger charge is -2.34. The largest absolute Gasteiger partial charge is 0.339 e. The van der Waals surface area contributed by atoms with Gasteiger partial charge in [0.1, 0.15) is 5.82 Å². The zero-order valence-electron chi connectivity index (χ0n) is 14.3. The van der Waals surface area contributed by atoms with E-state index < -0.39 is 15.8 Å². The molecule has 1 aliphatic heterocycles. The van der Waals surface area contributed by atoms with Crippen LogP contribution in [0.5, 0.6) is 0 Å². The van der Waals surface area contributed by atoms with E-state index in [0.29, 0.717) is 26.2 Å². The molecule has 0 atom stereocenters. The predicted molar refractivity (Wildman–Crippen MR) is 92.0 cm³/mol. The monoisotopic (exact) mass is 371 g/mol. The highest BCUT2D eigenvalue weighted by atomic mass is 32.2. The molecular formula is C16H22FN3O4S. The van der Waals surface area contributed by atoms with Gasteiger partial charge in [0.2, 0.25) is 21.8 Å². The van der Waals surface area contributed by atoms with E-state index in [9.17, 15) is 22.4 Å². The maximum absolute atomic E-state index is 13.9. The van der Waals surface area contributed by atoms with Gasteiger partial charge in [-0.25, -0.2) is 12.8 Å². The fourth-order valence-electron chi connectivity index (χ4n) is 2.74. The maximum Gasteiger partial charge on any atom is 0.232 e. The topological polar surface area (TPSA) is 78.0 Å². The van der Waals surface area contributed by atoms with Crippen molar-refractivity contribution in [2.24, 2.45) is 0 Å². The molecule has 0 aromatic heterocycles. The molecule has 1 aromatic carbocycles. The molecule has 0 aliphatic carbocycles. The van der Waals surface area contributed by atoms with Gasteiger partial charge in [-0.05, 0) is 12.1 Å². The summed E-state index contributed by atoms with van der Waals surface area (Å²) in [5.41, 5.74) is -0.0702. The SMILES string of the molecule is CC(=O)N1CCN(C(=O)CCN(c2ccccc2F)S(C)(=O)=O)CC1. The van der Waals surface area contributed by atoms with Gasteiger partial charge in [0.25, 0.3) is 0 Å². The van der Waals surface area contributed by atoms with E-state index in [4.69, 9.17) is 0 Å². The summed E-state index contributed by atoms with van der Waals surface area (Å²) in [6.07, 6.45) is 0.928. The molecular weight excluding hydrogens is 349 g/mol. The van der Waals surface area contributed by atoms with Crippen LogP contribution in [-0.2, 0) is 19.6 Å². The van der Waals surface area contributed by atoms with Crippen molar-refractivity contribution < 1.29 is 22.4 Å². The first-order valence-electron chi connectivity index (χ1n) is 7.95. The first-order chi connectivity index (χ1) is 11.7. The summed E-state index contributed by atoms with van der Waals surface area (Å²) >= 11 is 0. The second-order valence-electron chi connectivity index (χ2n) is 5.92. The van der Waals surface area contributed by atoms with Gasteiger partial charge in [-0.2, -0.15) is 0 Å². The van der Waals surface area contributed by atoms with E-state index in [1.165, 1.54) is 25.1 Å². The van der Waals surface area contributed by atoms with Crippen LogP contribution in [0.15, 0.2) is 24.3 Å². The zero-order valence-corrected chi connectivity index (χ0v) is 15.1. The van der Waals surface area contributed by atoms with Crippen molar-refractivity contribution in [1.82, 2.24) is 9.80 Å². The minimum atomic E-state index is -3.72. The molecule has 0 bridgehead atoms. The van der Waals surface area contributed by atoms with Crippen LogP contribution < -0.4 is 4.31 Å². The summed E-state index contributed by atoms with van der Waals surface area (Å²) in [6.45, 7) is 3.10. The second-order valence-corrected chi connectivity index (χ2v) is 7.83. The Hall–Kier alpha value is -2.16. The van der Waals surface area contributed by atoms with Gasteiger partial charge in [-0.15, -0.1) is 0 Å². The minimum absolute atomic E-state index is 0.0325. The lowest BCUT2D eigenvalue weighted by atomic mass is 10.2. The lowest BCUT2D eigenvalue weighted by Crippen LogP contribution is -2.50. The molecule has 7 nitrogen and oxygen atoms in total. The smallest absolute Gasteiger partial charge is 0.232 e. The van der Waals surface area contributed by atoms with Gasteiger partial charge in [0.05, 0.1) is 11.9 Å². The van der Waals surface area contributed by atoms with Crippen molar-refractivity contribution in [1.29, 1.82) is 0 Å². The summed E-state index contributed by atoms with van der Waals surface area (Å²) in [5.74, 6) is -0.904. The zero-order chi connectivity index (χ0) is 18.6. The highest BCUT2D eigenvalue weighted by molar-refractivity contribution is 7.92. The Morgan fingerprint density at radius 3 is 2.20 bits per heavy atom. The van der Waals surface area contributed by atoms with Gasteiger partial charge in [-0.1, -0.05) is 12.1 Å². The Kier molecular flexibility index (Phi) is 5.99. The van der Waals surface area contributed by atoms with E-state index in [0.717, 1.165) is 10.6 Å². The number of carbonyl (C=O) groups is 2. The number of carbonyl (C=O) groups excluding carboxylic acids is 2. The van der Waals surface area contributed by atoms with Gasteiger partial charge in [-0.3, -0.25) is 13.9 Å². The molecule has 0 spiro atoms. The Balaban J connectivity index is 2.01. The fraction of sp³-hybridized carbons (Fsp3) is 0.500. The summed E-state index contributed by atoms with van der Waals surface area (Å²) < 4.78 is 38.8. The van der Waals surface area contributed by atoms with Crippen LogP contribution in [0.1, 0.15) is 13.3 Å². The van der Waals surface area contributed by atoms with E-state index >= 15 is 0 Å². The van der Waals surface area contributed by atoms with Gasteiger partial charge in [0, 0.05) is 46.1 Å². The Labute approximate surface area is 147 Å². The van der Waals surface area contributed by atoms with Gasteiger partial charge < -0.3 is 9.80 Å². The number of halogens is 1. The van der Waals surface area contributed by atoms with E-state index in [-0.39, 0.29) is 30.5 Å². The number of benzene rings is 1. The molecule has 0 unspecified atom stereocenters. The number of hydrogen-bond donors (Lipinski definition) is 0. The van der Waals surface area contributed by atoms with Crippen molar-refractivity contribution in [3.63, 3.8) is 0 Å². The molecule has 1 aromatic rings. The molecule has 0 radical (unpaired) electrons. The van der Waals surface area contributed by atoms with Crippen molar-refractivity contribution >= 4 is 27.5 Å². The van der Waals surface area contributed by atoms with E-state index in [1.54, 1.807) is 15.9 Å². The predicted octanol–water partition coefficient (Wildman–Crippen LogP) is 0.672. The Morgan fingerprint density at radius 2 is 1.68 bits per heavy atom. The van der Waals surface area contributed by atoms with Crippen molar-refractivity contribution in [2.45, 2.75) is 13.3 Å². The molecule has 0 N–H and O–H groups in total. The summed E-state index contributed by atoms with van der Waals surface area (Å²) in [6, 6.07) is 5.56. The summed E-state index contributed by atoms with van der Waals surface area (Å²) in [7, 11) is -3.72. The number of nitrogens with zero attached hydrogens (tertiary/aromatic N) is 3. The van der Waals surface area contributed by atoms with Crippen LogP contribution in [0, 0.1) is 5.82 Å². The molecule has 1 fully saturated rings. The molecule has 2 rings (SSSR count). The molecule has 2 amide bonds. The van der Waals surface area contributed by atoms with Crippen molar-refractivity contribution in [2.75, 3.05) is 43.3 Å². The standard InChI is InChI=1S/C16H22FN3O4S/c1-13(21)18-9-11-19(12-10-18)16(22)7-8-20(25(2,23)24)15-6-4-3-5-14(15)17/h3-6H,7-12H2,1-2H3. The molecule has 1 heterocycles. The number of anilines is 1. The summed E-state index contributed by atoms with van der Waals surface area (Å²) in [5, 5.41) is 0. The molecule has 138 valence electrons. The lowest BCUT2D eigenvalue weighted by molar-refractivity contribution is -0.138. The van der Waals surface area contributed by atoms with Crippen LogP contribution in [0.2, 0.25) is 0 Å². The molecule has 1 aliphatic rings. The second kappa shape index (κ2) is 7.81. The van der Waals surface area contributed by atoms with Crippen LogP contribution in [0.25, 0.3) is 0 Å². The number of amides is 2. The van der Waals surface area contributed by atoms with Crippen molar-refractivity contribution in [3.05, 3.63) is 30.1 Å². The van der Waals surface area contributed by atoms with Crippen molar-refractivity contribution in [3.8, 4) is 0 Å². The number of sulfonamides is 1. The van der Waals surface area contributed by atoms with Gasteiger partial charge in [0.15, 0.2) is 0 Å². The number of hydrogen-bond acceptors (Lipinski definition) is 4. The quantitative estimate of drug-likeness (QED) is 0.762. The fourth-order valence-corrected chi connectivity index (χ4v) is 3.67. The maximum atomic E-state index is 13.9. The average Bonchev–Trinajstić information content (AvgIpc) is 2.55. The molecule has 25 heavy (non-hydrogen) atoms. The van der Waals surface area contributed by atoms with E-state index in [2.05, 4.69) is 0 Å². The first-order valence-corrected chi connectivity index (χ1v) is 9.80. The third-order valence-electron chi connectivity index (χ3n) is 4.13. The van der Waals surface area contributed by atoms with Crippen LogP contribution in [0.3, 0.4) is 0 Å². The van der Waals surface area contributed by atoms with Crippen LogP contribution in [-0.4, -0.2) is 69.0 Å². The average molecular weight is 371 g/mol. The third-order valence-corrected chi connectivity index (χ3v) is 5.31. The highest BCUT2D eigenvalue weighted by Gasteiger charge is 2.25. The normalized spacial score (nSPS) is 15.2. The Bertz CT molecular complexity index is 746. The number of rotatable bonds is 5. The molecule has 0 saturated carbocycles. The summed E-state index contributed by atoms with van der Waals surface area (Å²) in [4.78, 5) is 26.9. The Morgan fingerprint density at radius 1 is 1.12 bits per heavy atom. The van der Waals surface area contributed by atoms with Gasteiger partial charge >= 0.3 is 0 Å². The molecule has 1 saturated heterocycles. The number of para-hydroxylation sites is 1.